The zero-order valence-electron chi connectivity index (χ0n) is 10.5. The zero-order chi connectivity index (χ0) is 13.0. The van der Waals surface area contributed by atoms with E-state index in [9.17, 15) is 0 Å². The first kappa shape index (κ1) is 14.3. The Morgan fingerprint density at radius 2 is 2.00 bits per heavy atom. The molecule has 17 heavy (non-hydrogen) atoms. The average Bonchev–Trinajstić information content (AvgIpc) is 2.29. The molecule has 0 amide bonds. The highest BCUT2D eigenvalue weighted by atomic mass is 35.5. The lowest BCUT2D eigenvalue weighted by Crippen LogP contribution is -2.32. The summed E-state index contributed by atoms with van der Waals surface area (Å²) >= 11 is 11.1. The third-order valence-electron chi connectivity index (χ3n) is 3.10. The van der Waals surface area contributed by atoms with E-state index in [4.69, 9.17) is 29.6 Å². The molecular formula is C13H19ClN2S. The van der Waals surface area contributed by atoms with Crippen LogP contribution in [0, 0.1) is 0 Å². The molecule has 1 aromatic carbocycles. The smallest absolute Gasteiger partial charge is 0.106 e. The van der Waals surface area contributed by atoms with Gasteiger partial charge in [-0.15, -0.1) is 0 Å². The Hall–Kier alpha value is -0.800. The van der Waals surface area contributed by atoms with Crippen LogP contribution >= 0.6 is 23.8 Å². The Balaban J connectivity index is 3.18. The van der Waals surface area contributed by atoms with Crippen molar-refractivity contribution in [3.63, 3.8) is 0 Å². The molecule has 0 aliphatic heterocycles. The van der Waals surface area contributed by atoms with Gasteiger partial charge >= 0.3 is 0 Å². The van der Waals surface area contributed by atoms with Gasteiger partial charge in [0, 0.05) is 29.4 Å². The van der Waals surface area contributed by atoms with Gasteiger partial charge in [0.1, 0.15) is 4.99 Å². The van der Waals surface area contributed by atoms with Crippen molar-refractivity contribution in [3.05, 3.63) is 28.8 Å². The molecule has 2 nitrogen and oxygen atoms in total. The predicted octanol–water partition coefficient (Wildman–Crippen LogP) is 3.60. The summed E-state index contributed by atoms with van der Waals surface area (Å²) < 4.78 is 0. The molecule has 1 rings (SSSR count). The number of nitrogens with two attached hydrogens (primary N) is 1. The van der Waals surface area contributed by atoms with Crippen LogP contribution in [0.1, 0.15) is 32.3 Å². The first-order chi connectivity index (χ1) is 8.01. The van der Waals surface area contributed by atoms with Crippen LogP contribution < -0.4 is 10.6 Å². The second kappa shape index (κ2) is 6.22. The molecule has 0 aromatic heterocycles. The minimum absolute atomic E-state index is 0.412. The summed E-state index contributed by atoms with van der Waals surface area (Å²) in [4.78, 5) is 2.62. The van der Waals surface area contributed by atoms with Gasteiger partial charge in [0.15, 0.2) is 0 Å². The van der Waals surface area contributed by atoms with E-state index in [0.717, 1.165) is 24.1 Å². The van der Waals surface area contributed by atoms with Crippen molar-refractivity contribution in [1.29, 1.82) is 0 Å². The summed E-state index contributed by atoms with van der Waals surface area (Å²) in [5.74, 6) is 0. The molecule has 2 N–H and O–H groups in total. The van der Waals surface area contributed by atoms with Crippen molar-refractivity contribution in [2.24, 2.45) is 5.73 Å². The largest absolute Gasteiger partial charge is 0.389 e. The molecule has 0 saturated carbocycles. The van der Waals surface area contributed by atoms with Crippen LogP contribution in [-0.2, 0) is 0 Å². The van der Waals surface area contributed by atoms with E-state index in [1.165, 1.54) is 0 Å². The van der Waals surface area contributed by atoms with Crippen molar-refractivity contribution in [2.75, 3.05) is 11.9 Å². The van der Waals surface area contributed by atoms with Crippen LogP contribution in [0.4, 0.5) is 5.69 Å². The van der Waals surface area contributed by atoms with Crippen LogP contribution in [-0.4, -0.2) is 18.1 Å². The molecule has 4 heteroatoms. The number of benzene rings is 1. The second-order valence-electron chi connectivity index (χ2n) is 4.11. The van der Waals surface area contributed by atoms with Gasteiger partial charge in [0.25, 0.3) is 0 Å². The number of hydrogen-bond acceptors (Lipinski definition) is 2. The van der Waals surface area contributed by atoms with Crippen LogP contribution in [0.2, 0.25) is 5.02 Å². The lowest BCUT2D eigenvalue weighted by molar-refractivity contribution is 0.591. The minimum atomic E-state index is 0.412. The molecule has 0 fully saturated rings. The maximum absolute atomic E-state index is 6.05. The highest BCUT2D eigenvalue weighted by molar-refractivity contribution is 7.80. The van der Waals surface area contributed by atoms with E-state index in [0.29, 0.717) is 16.1 Å². The van der Waals surface area contributed by atoms with Gasteiger partial charge in [0.05, 0.1) is 0 Å². The number of rotatable bonds is 5. The van der Waals surface area contributed by atoms with E-state index in [1.54, 1.807) is 0 Å². The van der Waals surface area contributed by atoms with Crippen molar-refractivity contribution in [1.82, 2.24) is 0 Å². The molecule has 0 heterocycles. The van der Waals surface area contributed by atoms with Gasteiger partial charge in [-0.2, -0.15) is 0 Å². The molecule has 0 aliphatic carbocycles. The number of nitrogens with zero attached hydrogens (tertiary/aromatic N) is 1. The number of thiocarbonyl (C=S) groups is 1. The lowest BCUT2D eigenvalue weighted by atomic mass is 10.1. The van der Waals surface area contributed by atoms with Gasteiger partial charge < -0.3 is 10.6 Å². The van der Waals surface area contributed by atoms with Crippen molar-refractivity contribution in [3.8, 4) is 0 Å². The molecule has 0 bridgehead atoms. The fourth-order valence-electron chi connectivity index (χ4n) is 2.04. The fourth-order valence-corrected chi connectivity index (χ4v) is 2.38. The van der Waals surface area contributed by atoms with Crippen LogP contribution in [0.5, 0.6) is 0 Å². The first-order valence-corrected chi connectivity index (χ1v) is 6.62. The van der Waals surface area contributed by atoms with Gasteiger partial charge in [-0.05, 0) is 31.0 Å². The van der Waals surface area contributed by atoms with Gasteiger partial charge in [-0.3, -0.25) is 0 Å². The third-order valence-corrected chi connectivity index (χ3v) is 3.55. The monoisotopic (exact) mass is 270 g/mol. The lowest BCUT2D eigenvalue weighted by Gasteiger charge is -2.30. The minimum Gasteiger partial charge on any atom is -0.389 e. The predicted molar refractivity (Wildman–Crippen MR) is 80.1 cm³/mol. The maximum Gasteiger partial charge on any atom is 0.106 e. The standard InChI is InChI=1S/C13H19ClN2S/c1-4-10(5-2)16(3)12-8-9(14)6-7-11(12)13(15)17/h6-8,10H,4-5H2,1-3H3,(H2,15,17). The Labute approximate surface area is 114 Å². The zero-order valence-corrected chi connectivity index (χ0v) is 12.1. The van der Waals surface area contributed by atoms with Crippen molar-refractivity contribution < 1.29 is 0 Å². The average molecular weight is 271 g/mol. The van der Waals surface area contributed by atoms with Gasteiger partial charge in [-0.25, -0.2) is 0 Å². The molecule has 0 unspecified atom stereocenters. The topological polar surface area (TPSA) is 29.3 Å². The van der Waals surface area contributed by atoms with E-state index in [-0.39, 0.29) is 0 Å². The van der Waals surface area contributed by atoms with E-state index in [2.05, 4.69) is 25.8 Å². The summed E-state index contributed by atoms with van der Waals surface area (Å²) in [6, 6.07) is 6.11. The molecule has 0 saturated heterocycles. The third kappa shape index (κ3) is 3.33. The second-order valence-corrected chi connectivity index (χ2v) is 4.98. The Morgan fingerprint density at radius 3 is 2.47 bits per heavy atom. The molecule has 1 aromatic rings. The molecule has 0 spiro atoms. The summed E-state index contributed by atoms with van der Waals surface area (Å²) in [5.41, 5.74) is 7.65. The van der Waals surface area contributed by atoms with Crippen molar-refractivity contribution in [2.45, 2.75) is 32.7 Å². The van der Waals surface area contributed by atoms with E-state index in [1.807, 2.05) is 18.2 Å². The first-order valence-electron chi connectivity index (χ1n) is 5.83. The number of halogens is 1. The highest BCUT2D eigenvalue weighted by Gasteiger charge is 2.16. The Morgan fingerprint density at radius 1 is 1.41 bits per heavy atom. The molecular weight excluding hydrogens is 252 g/mol. The van der Waals surface area contributed by atoms with Gasteiger partial charge in [-0.1, -0.05) is 37.7 Å². The fraction of sp³-hybridized carbons (Fsp3) is 0.462. The SMILES string of the molecule is CCC(CC)N(C)c1cc(Cl)ccc1C(N)=S. The van der Waals surface area contributed by atoms with Crippen LogP contribution in [0.3, 0.4) is 0 Å². The molecule has 0 aliphatic rings. The molecule has 94 valence electrons. The van der Waals surface area contributed by atoms with Gasteiger partial charge in [0.2, 0.25) is 0 Å². The summed E-state index contributed by atoms with van der Waals surface area (Å²) in [6.45, 7) is 4.35. The Bertz CT molecular complexity index is 402. The molecule has 0 radical (unpaired) electrons. The summed E-state index contributed by atoms with van der Waals surface area (Å²) in [7, 11) is 2.06. The number of hydrogen-bond donors (Lipinski definition) is 1. The number of anilines is 1. The van der Waals surface area contributed by atoms with E-state index < -0.39 is 0 Å². The summed E-state index contributed by atoms with van der Waals surface area (Å²) in [6.07, 6.45) is 2.16. The quantitative estimate of drug-likeness (QED) is 0.829. The normalized spacial score (nSPS) is 10.6. The van der Waals surface area contributed by atoms with Crippen LogP contribution in [0.25, 0.3) is 0 Å². The van der Waals surface area contributed by atoms with Crippen LogP contribution in [0.15, 0.2) is 18.2 Å². The molecule has 0 atom stereocenters. The Kier molecular flexibility index (Phi) is 5.22. The highest BCUT2D eigenvalue weighted by Crippen LogP contribution is 2.27. The maximum atomic E-state index is 6.05. The van der Waals surface area contributed by atoms with E-state index >= 15 is 0 Å². The summed E-state index contributed by atoms with van der Waals surface area (Å²) in [5, 5.41) is 0.706. The van der Waals surface area contributed by atoms with Crippen molar-refractivity contribution >= 4 is 34.5 Å².